The lowest BCUT2D eigenvalue weighted by Crippen LogP contribution is -2.31. The first-order valence-corrected chi connectivity index (χ1v) is 8.14. The number of rotatable bonds is 2. The molecule has 1 aromatic carbocycles. The summed E-state index contributed by atoms with van der Waals surface area (Å²) in [4.78, 5) is 19.8. The van der Waals surface area contributed by atoms with Crippen LogP contribution in [0.3, 0.4) is 0 Å². The van der Waals surface area contributed by atoms with Crippen LogP contribution in [0.2, 0.25) is 0 Å². The average Bonchev–Trinajstić information content (AvgIpc) is 3.22. The minimum absolute atomic E-state index is 0. The van der Waals surface area contributed by atoms with Gasteiger partial charge in [0.15, 0.2) is 0 Å². The fourth-order valence-electron chi connectivity index (χ4n) is 3.26. The predicted octanol–water partition coefficient (Wildman–Crippen LogP) is 2.95. The van der Waals surface area contributed by atoms with E-state index in [0.29, 0.717) is 11.8 Å². The van der Waals surface area contributed by atoms with Gasteiger partial charge in [-0.15, -0.1) is 36.2 Å². The molecule has 1 amide bonds. The van der Waals surface area contributed by atoms with E-state index in [9.17, 15) is 4.79 Å². The number of thiazole rings is 1. The van der Waals surface area contributed by atoms with E-state index in [2.05, 4.69) is 10.3 Å². The van der Waals surface area contributed by atoms with E-state index in [0.717, 1.165) is 41.6 Å². The van der Waals surface area contributed by atoms with Gasteiger partial charge >= 0.3 is 0 Å². The number of fused-ring (bicyclic) bond motifs is 1. The van der Waals surface area contributed by atoms with Crippen LogP contribution < -0.4 is 5.32 Å². The van der Waals surface area contributed by atoms with Crippen LogP contribution >= 0.6 is 36.2 Å². The van der Waals surface area contributed by atoms with Crippen molar-refractivity contribution in [3.8, 4) is 10.6 Å². The van der Waals surface area contributed by atoms with Gasteiger partial charge in [0, 0.05) is 31.7 Å². The fraction of sp³-hybridized carbons (Fsp3) is 0.375. The molecule has 0 radical (unpaired) electrons. The summed E-state index contributed by atoms with van der Waals surface area (Å²) >= 11 is 1.49. The van der Waals surface area contributed by atoms with Crippen molar-refractivity contribution in [3.63, 3.8) is 0 Å². The van der Waals surface area contributed by atoms with E-state index in [4.69, 9.17) is 0 Å². The number of likely N-dealkylation sites (tertiary alicyclic amines) is 1. The summed E-state index contributed by atoms with van der Waals surface area (Å²) in [7, 11) is 0. The number of nitrogens with zero attached hydrogens (tertiary/aromatic N) is 2. The summed E-state index contributed by atoms with van der Waals surface area (Å²) in [5.41, 5.74) is 1.07. The van der Waals surface area contributed by atoms with Crippen LogP contribution in [0.4, 0.5) is 0 Å². The fourth-order valence-corrected chi connectivity index (χ4v) is 4.15. The molecule has 4 rings (SSSR count). The van der Waals surface area contributed by atoms with Gasteiger partial charge in [-0.05, 0) is 11.8 Å². The quantitative estimate of drug-likeness (QED) is 0.882. The van der Waals surface area contributed by atoms with E-state index in [1.165, 1.54) is 11.3 Å². The van der Waals surface area contributed by atoms with Crippen LogP contribution in [0.15, 0.2) is 36.5 Å². The van der Waals surface area contributed by atoms with Crippen LogP contribution in [-0.2, 0) is 0 Å². The van der Waals surface area contributed by atoms with Crippen molar-refractivity contribution in [2.75, 3.05) is 26.2 Å². The number of halogens is 2. The highest BCUT2D eigenvalue weighted by atomic mass is 35.5. The molecule has 1 aromatic heterocycles. The Morgan fingerprint density at radius 1 is 1.13 bits per heavy atom. The Morgan fingerprint density at radius 3 is 2.43 bits per heavy atom. The first-order valence-electron chi connectivity index (χ1n) is 7.32. The molecule has 4 nitrogen and oxygen atoms in total. The van der Waals surface area contributed by atoms with Gasteiger partial charge in [-0.3, -0.25) is 4.79 Å². The molecule has 0 unspecified atom stereocenters. The average molecular weight is 372 g/mol. The molecule has 2 aliphatic rings. The Balaban J connectivity index is 0.000000960. The van der Waals surface area contributed by atoms with Crippen molar-refractivity contribution in [1.29, 1.82) is 0 Å². The van der Waals surface area contributed by atoms with E-state index in [-0.39, 0.29) is 30.7 Å². The minimum Gasteiger partial charge on any atom is -0.337 e. The van der Waals surface area contributed by atoms with Crippen LogP contribution in [-0.4, -0.2) is 42.0 Å². The van der Waals surface area contributed by atoms with Crippen molar-refractivity contribution in [2.45, 2.75) is 0 Å². The summed E-state index contributed by atoms with van der Waals surface area (Å²) in [5.74, 6) is 1.41. The molecule has 23 heavy (non-hydrogen) atoms. The van der Waals surface area contributed by atoms with Gasteiger partial charge in [-0.25, -0.2) is 4.98 Å². The summed E-state index contributed by atoms with van der Waals surface area (Å²) < 4.78 is 0. The molecule has 2 aliphatic heterocycles. The van der Waals surface area contributed by atoms with Gasteiger partial charge < -0.3 is 10.2 Å². The van der Waals surface area contributed by atoms with Crippen LogP contribution in [0.25, 0.3) is 10.6 Å². The number of nitrogens with one attached hydrogen (secondary N) is 1. The second kappa shape index (κ2) is 7.62. The van der Waals surface area contributed by atoms with Crippen molar-refractivity contribution < 1.29 is 4.79 Å². The molecule has 124 valence electrons. The number of benzene rings is 1. The summed E-state index contributed by atoms with van der Waals surface area (Å²) in [5, 5.41) is 4.32. The lowest BCUT2D eigenvalue weighted by Gasteiger charge is -2.15. The second-order valence-electron chi connectivity index (χ2n) is 5.78. The molecule has 2 aromatic rings. The van der Waals surface area contributed by atoms with E-state index < -0.39 is 0 Å². The molecule has 0 spiro atoms. The SMILES string of the molecule is Cl.Cl.O=C(c1cnc(-c2ccccc2)s1)N1C[C@H]2CNC[C@H]2C1. The van der Waals surface area contributed by atoms with Crippen molar-refractivity contribution in [2.24, 2.45) is 11.8 Å². The monoisotopic (exact) mass is 371 g/mol. The molecule has 2 fully saturated rings. The zero-order valence-electron chi connectivity index (χ0n) is 12.5. The summed E-state index contributed by atoms with van der Waals surface area (Å²) in [6, 6.07) is 10.0. The first kappa shape index (κ1) is 18.2. The first-order chi connectivity index (χ1) is 10.3. The summed E-state index contributed by atoms with van der Waals surface area (Å²) in [6.45, 7) is 3.86. The van der Waals surface area contributed by atoms with Crippen molar-refractivity contribution >= 4 is 42.1 Å². The van der Waals surface area contributed by atoms with Gasteiger partial charge in [0.2, 0.25) is 0 Å². The predicted molar refractivity (Wildman–Crippen MR) is 97.8 cm³/mol. The number of hydrogen-bond donors (Lipinski definition) is 1. The summed E-state index contributed by atoms with van der Waals surface area (Å²) in [6.07, 6.45) is 1.72. The Kier molecular flexibility index (Phi) is 6.03. The van der Waals surface area contributed by atoms with E-state index in [1.807, 2.05) is 35.2 Å². The van der Waals surface area contributed by atoms with E-state index in [1.54, 1.807) is 6.20 Å². The Morgan fingerprint density at radius 2 is 1.78 bits per heavy atom. The smallest absolute Gasteiger partial charge is 0.265 e. The maximum atomic E-state index is 12.6. The third-order valence-corrected chi connectivity index (χ3v) is 5.45. The normalized spacial score (nSPS) is 22.2. The van der Waals surface area contributed by atoms with Gasteiger partial charge in [-0.2, -0.15) is 0 Å². The Labute approximate surface area is 152 Å². The maximum Gasteiger partial charge on any atom is 0.265 e. The van der Waals surface area contributed by atoms with Gasteiger partial charge in [-0.1, -0.05) is 30.3 Å². The molecule has 0 bridgehead atoms. The lowest BCUT2D eigenvalue weighted by molar-refractivity contribution is 0.0786. The lowest BCUT2D eigenvalue weighted by atomic mass is 10.0. The maximum absolute atomic E-state index is 12.6. The highest BCUT2D eigenvalue weighted by Crippen LogP contribution is 2.30. The zero-order valence-corrected chi connectivity index (χ0v) is 14.9. The van der Waals surface area contributed by atoms with E-state index >= 15 is 0 Å². The number of amides is 1. The molecule has 7 heteroatoms. The Bertz CT molecular complexity index is 652. The molecular weight excluding hydrogens is 353 g/mol. The highest BCUT2D eigenvalue weighted by molar-refractivity contribution is 7.16. The minimum atomic E-state index is 0. The highest BCUT2D eigenvalue weighted by Gasteiger charge is 2.38. The topological polar surface area (TPSA) is 45.2 Å². The van der Waals surface area contributed by atoms with Crippen LogP contribution in [0.5, 0.6) is 0 Å². The molecule has 3 heterocycles. The van der Waals surface area contributed by atoms with Crippen LogP contribution in [0, 0.1) is 11.8 Å². The molecule has 2 saturated heterocycles. The molecule has 1 N–H and O–H groups in total. The molecule has 0 aliphatic carbocycles. The standard InChI is InChI=1S/C16H17N3OS.2ClH/c20-16(19-9-12-6-17-7-13(12)10-19)14-8-18-15(21-14)11-4-2-1-3-5-11;;/h1-5,8,12-13,17H,6-7,9-10H2;2*1H/t12-,13+;;. The van der Waals surface area contributed by atoms with Crippen molar-refractivity contribution in [3.05, 3.63) is 41.4 Å². The number of carbonyl (C=O) groups excluding carboxylic acids is 1. The molecular formula is C16H19Cl2N3OS. The number of hydrogen-bond acceptors (Lipinski definition) is 4. The Hall–Kier alpha value is -1.14. The second-order valence-corrected chi connectivity index (χ2v) is 6.81. The molecule has 0 saturated carbocycles. The number of carbonyl (C=O) groups is 1. The third-order valence-electron chi connectivity index (χ3n) is 4.41. The van der Waals surface area contributed by atoms with Gasteiger partial charge in [0.25, 0.3) is 5.91 Å². The van der Waals surface area contributed by atoms with Gasteiger partial charge in [0.1, 0.15) is 9.88 Å². The zero-order chi connectivity index (χ0) is 14.2. The van der Waals surface area contributed by atoms with Crippen LogP contribution in [0.1, 0.15) is 9.67 Å². The van der Waals surface area contributed by atoms with Crippen molar-refractivity contribution in [1.82, 2.24) is 15.2 Å². The number of aromatic nitrogens is 1. The molecule has 2 atom stereocenters. The third kappa shape index (κ3) is 3.53. The largest absolute Gasteiger partial charge is 0.337 e. The van der Waals surface area contributed by atoms with Gasteiger partial charge in [0.05, 0.1) is 6.20 Å².